The molecule has 0 aliphatic carbocycles. The van der Waals surface area contributed by atoms with E-state index in [1.165, 1.54) is 16.5 Å². The Bertz CT molecular complexity index is 741. The second-order valence-electron chi connectivity index (χ2n) is 4.90. The Morgan fingerprint density at radius 3 is 2.33 bits per heavy atom. The van der Waals surface area contributed by atoms with Crippen molar-refractivity contribution in [2.24, 2.45) is 0 Å². The minimum atomic E-state index is 0.129. The number of nitrogens with one attached hydrogen (secondary N) is 1. The molecule has 0 fully saturated rings. The number of methoxy groups -OCH3 is 1. The van der Waals surface area contributed by atoms with Gasteiger partial charge in [0.1, 0.15) is 5.75 Å². The van der Waals surface area contributed by atoms with Crippen molar-refractivity contribution < 1.29 is 4.74 Å². The highest BCUT2D eigenvalue weighted by Crippen LogP contribution is 2.33. The third-order valence-corrected chi connectivity index (χ3v) is 3.78. The summed E-state index contributed by atoms with van der Waals surface area (Å²) in [6.45, 7) is 0. The molecule has 3 heteroatoms. The van der Waals surface area contributed by atoms with Crippen LogP contribution < -0.4 is 10.1 Å². The monoisotopic (exact) mass is 278 g/mol. The van der Waals surface area contributed by atoms with E-state index in [0.717, 1.165) is 11.1 Å². The summed E-state index contributed by atoms with van der Waals surface area (Å²) >= 11 is 0. The molecule has 0 saturated carbocycles. The summed E-state index contributed by atoms with van der Waals surface area (Å²) in [5.74, 6) is 0.902. The first-order chi connectivity index (χ1) is 10.3. The predicted molar refractivity (Wildman–Crippen MR) is 85.6 cm³/mol. The number of hydrogen-bond acceptors (Lipinski definition) is 3. The van der Waals surface area contributed by atoms with E-state index in [9.17, 15) is 0 Å². The van der Waals surface area contributed by atoms with Crippen LogP contribution in [0.15, 0.2) is 60.9 Å². The summed E-state index contributed by atoms with van der Waals surface area (Å²) in [7, 11) is 3.68. The molecule has 106 valence electrons. The van der Waals surface area contributed by atoms with Gasteiger partial charge >= 0.3 is 0 Å². The molecule has 3 nitrogen and oxygen atoms in total. The van der Waals surface area contributed by atoms with Crippen molar-refractivity contribution in [2.75, 3.05) is 14.2 Å². The second kappa shape index (κ2) is 5.94. The van der Waals surface area contributed by atoms with Crippen LogP contribution in [0.5, 0.6) is 5.75 Å². The third-order valence-electron chi connectivity index (χ3n) is 3.78. The first-order valence-electron chi connectivity index (χ1n) is 6.98. The Kier molecular flexibility index (Phi) is 3.84. The second-order valence-corrected chi connectivity index (χ2v) is 4.90. The molecule has 0 saturated heterocycles. The average Bonchev–Trinajstić information content (AvgIpc) is 2.56. The molecule has 1 unspecified atom stereocenters. The number of hydrogen-bond donors (Lipinski definition) is 1. The fourth-order valence-electron chi connectivity index (χ4n) is 2.78. The van der Waals surface area contributed by atoms with Gasteiger partial charge in [-0.3, -0.25) is 4.98 Å². The average molecular weight is 278 g/mol. The molecule has 0 amide bonds. The van der Waals surface area contributed by atoms with E-state index in [1.54, 1.807) is 7.11 Å². The molecule has 1 N–H and O–H groups in total. The van der Waals surface area contributed by atoms with Crippen molar-refractivity contribution in [3.63, 3.8) is 0 Å². The molecule has 21 heavy (non-hydrogen) atoms. The summed E-state index contributed by atoms with van der Waals surface area (Å²) in [5.41, 5.74) is 2.43. The van der Waals surface area contributed by atoms with Crippen LogP contribution in [0.2, 0.25) is 0 Å². The Labute approximate surface area is 124 Å². The highest BCUT2D eigenvalue weighted by molar-refractivity contribution is 5.91. The highest BCUT2D eigenvalue weighted by atomic mass is 16.5. The lowest BCUT2D eigenvalue weighted by atomic mass is 9.94. The maximum absolute atomic E-state index is 5.47. The first kappa shape index (κ1) is 13.6. The number of aromatic nitrogens is 1. The van der Waals surface area contributed by atoms with Gasteiger partial charge in [-0.2, -0.15) is 0 Å². The van der Waals surface area contributed by atoms with E-state index >= 15 is 0 Å². The maximum Gasteiger partial charge on any atom is 0.126 e. The van der Waals surface area contributed by atoms with Crippen molar-refractivity contribution in [3.05, 3.63) is 72.1 Å². The molecule has 0 aliphatic heterocycles. The van der Waals surface area contributed by atoms with E-state index in [1.807, 2.05) is 43.7 Å². The lowest BCUT2D eigenvalue weighted by Gasteiger charge is -2.20. The van der Waals surface area contributed by atoms with Crippen LogP contribution in [-0.4, -0.2) is 19.1 Å². The number of benzene rings is 2. The van der Waals surface area contributed by atoms with Gasteiger partial charge in [0.05, 0.1) is 13.2 Å². The molecule has 0 spiro atoms. The van der Waals surface area contributed by atoms with Gasteiger partial charge in [0.15, 0.2) is 0 Å². The SMILES string of the molecule is CNC(c1ccncc1)c1ccc(OC)c2ccccc12. The van der Waals surface area contributed by atoms with Gasteiger partial charge in [0.2, 0.25) is 0 Å². The van der Waals surface area contributed by atoms with Crippen LogP contribution >= 0.6 is 0 Å². The van der Waals surface area contributed by atoms with E-state index in [-0.39, 0.29) is 6.04 Å². The third kappa shape index (κ3) is 2.48. The Morgan fingerprint density at radius 1 is 0.952 bits per heavy atom. The summed E-state index contributed by atoms with van der Waals surface area (Å²) in [5, 5.41) is 5.73. The lowest BCUT2D eigenvalue weighted by Crippen LogP contribution is -2.18. The van der Waals surface area contributed by atoms with Crippen molar-refractivity contribution in [2.45, 2.75) is 6.04 Å². The van der Waals surface area contributed by atoms with E-state index < -0.39 is 0 Å². The molecular weight excluding hydrogens is 260 g/mol. The molecule has 1 heterocycles. The maximum atomic E-state index is 5.47. The molecular formula is C18H18N2O. The van der Waals surface area contributed by atoms with Gasteiger partial charge < -0.3 is 10.1 Å². The molecule has 3 aromatic rings. The topological polar surface area (TPSA) is 34.2 Å². The predicted octanol–water partition coefficient (Wildman–Crippen LogP) is 3.55. The van der Waals surface area contributed by atoms with Crippen LogP contribution in [0.4, 0.5) is 0 Å². The summed E-state index contributed by atoms with van der Waals surface area (Å²) < 4.78 is 5.47. The van der Waals surface area contributed by atoms with Crippen molar-refractivity contribution in [1.82, 2.24) is 10.3 Å². The molecule has 0 bridgehead atoms. The lowest BCUT2D eigenvalue weighted by molar-refractivity contribution is 0.419. The number of nitrogens with zero attached hydrogens (tertiary/aromatic N) is 1. The standard InChI is InChI=1S/C18H18N2O/c1-19-18(13-9-11-20-12-10-13)16-7-8-17(21-2)15-6-4-3-5-14(15)16/h3-12,18-19H,1-2H3. The van der Waals surface area contributed by atoms with Crippen LogP contribution in [0.25, 0.3) is 10.8 Å². The zero-order valence-electron chi connectivity index (χ0n) is 12.2. The number of rotatable bonds is 4. The fourth-order valence-corrected chi connectivity index (χ4v) is 2.78. The van der Waals surface area contributed by atoms with Crippen LogP contribution in [-0.2, 0) is 0 Å². The minimum absolute atomic E-state index is 0.129. The molecule has 1 atom stereocenters. The van der Waals surface area contributed by atoms with E-state index in [2.05, 4.69) is 34.6 Å². The molecule has 0 radical (unpaired) electrons. The van der Waals surface area contributed by atoms with Crippen LogP contribution in [0.1, 0.15) is 17.2 Å². The van der Waals surface area contributed by atoms with Crippen molar-refractivity contribution in [3.8, 4) is 5.75 Å². The van der Waals surface area contributed by atoms with Gasteiger partial charge in [0, 0.05) is 17.8 Å². The number of ether oxygens (including phenoxy) is 1. The van der Waals surface area contributed by atoms with Crippen molar-refractivity contribution >= 4 is 10.8 Å². The summed E-state index contributed by atoms with van der Waals surface area (Å²) in [6.07, 6.45) is 3.65. The van der Waals surface area contributed by atoms with Gasteiger partial charge in [-0.05, 0) is 41.8 Å². The number of fused-ring (bicyclic) bond motifs is 1. The molecule has 1 aromatic heterocycles. The summed E-state index contributed by atoms with van der Waals surface area (Å²) in [6, 6.07) is 16.7. The Hall–Kier alpha value is -2.39. The highest BCUT2D eigenvalue weighted by Gasteiger charge is 2.16. The van der Waals surface area contributed by atoms with Crippen LogP contribution in [0, 0.1) is 0 Å². The first-order valence-corrected chi connectivity index (χ1v) is 6.98. The quantitative estimate of drug-likeness (QED) is 0.792. The van der Waals surface area contributed by atoms with Crippen LogP contribution in [0.3, 0.4) is 0 Å². The zero-order chi connectivity index (χ0) is 14.7. The smallest absolute Gasteiger partial charge is 0.126 e. The van der Waals surface area contributed by atoms with E-state index in [4.69, 9.17) is 4.74 Å². The Morgan fingerprint density at radius 2 is 1.67 bits per heavy atom. The summed E-state index contributed by atoms with van der Waals surface area (Å²) in [4.78, 5) is 4.10. The van der Waals surface area contributed by atoms with Gasteiger partial charge in [-0.15, -0.1) is 0 Å². The number of pyridine rings is 1. The zero-order valence-corrected chi connectivity index (χ0v) is 12.2. The largest absolute Gasteiger partial charge is 0.496 e. The Balaban J connectivity index is 2.20. The molecule has 3 rings (SSSR count). The minimum Gasteiger partial charge on any atom is -0.496 e. The van der Waals surface area contributed by atoms with Gasteiger partial charge in [-0.25, -0.2) is 0 Å². The van der Waals surface area contributed by atoms with E-state index in [0.29, 0.717) is 0 Å². The fraction of sp³-hybridized carbons (Fsp3) is 0.167. The molecule has 0 aliphatic rings. The van der Waals surface area contributed by atoms with Gasteiger partial charge in [0.25, 0.3) is 0 Å². The molecule has 2 aromatic carbocycles. The van der Waals surface area contributed by atoms with Gasteiger partial charge in [-0.1, -0.05) is 30.3 Å². The normalized spacial score (nSPS) is 12.3. The van der Waals surface area contributed by atoms with Crippen molar-refractivity contribution in [1.29, 1.82) is 0 Å².